The Bertz CT molecular complexity index is 336. The zero-order valence-electron chi connectivity index (χ0n) is 12.1. The van der Waals surface area contributed by atoms with Crippen LogP contribution in [0.3, 0.4) is 0 Å². The highest BCUT2D eigenvalue weighted by Crippen LogP contribution is 2.25. The fourth-order valence-electron chi connectivity index (χ4n) is 2.38. The largest absolute Gasteiger partial charge is 0.409 e. The molecule has 0 aromatic rings. The van der Waals surface area contributed by atoms with Crippen molar-refractivity contribution in [2.24, 2.45) is 10.9 Å². The van der Waals surface area contributed by atoms with Crippen LogP contribution in [0.1, 0.15) is 46.0 Å². The van der Waals surface area contributed by atoms with Gasteiger partial charge in [-0.25, -0.2) is 0 Å². The highest BCUT2D eigenvalue weighted by molar-refractivity contribution is 5.87. The minimum atomic E-state index is -0.501. The van der Waals surface area contributed by atoms with Crippen molar-refractivity contribution in [2.75, 3.05) is 13.7 Å². The minimum absolute atomic E-state index is 0.00894. The lowest BCUT2D eigenvalue weighted by molar-refractivity contribution is -0.137. The molecule has 0 bridgehead atoms. The van der Waals surface area contributed by atoms with Gasteiger partial charge in [0.2, 0.25) is 5.91 Å². The van der Waals surface area contributed by atoms with Crippen LogP contribution in [0, 0.1) is 0 Å². The van der Waals surface area contributed by atoms with Crippen molar-refractivity contribution in [1.29, 1.82) is 0 Å². The number of amidine groups is 1. The number of oxime groups is 1. The van der Waals surface area contributed by atoms with Crippen molar-refractivity contribution in [1.82, 2.24) is 4.90 Å². The molecule has 0 aromatic carbocycles. The summed E-state index contributed by atoms with van der Waals surface area (Å²) in [7, 11) is 1.59. The predicted molar refractivity (Wildman–Crippen MR) is 73.1 cm³/mol. The Morgan fingerprint density at radius 2 is 2.05 bits per heavy atom. The van der Waals surface area contributed by atoms with Gasteiger partial charge in [-0.1, -0.05) is 18.0 Å². The van der Waals surface area contributed by atoms with Gasteiger partial charge in [-0.3, -0.25) is 4.79 Å². The number of nitrogens with two attached hydrogens (primary N) is 1. The molecule has 1 aliphatic carbocycles. The first-order chi connectivity index (χ1) is 8.89. The Morgan fingerprint density at radius 3 is 2.53 bits per heavy atom. The molecule has 110 valence electrons. The maximum Gasteiger partial charge on any atom is 0.226 e. The normalized spacial score (nSPS) is 17.7. The first-order valence-corrected chi connectivity index (χ1v) is 6.70. The van der Waals surface area contributed by atoms with Gasteiger partial charge in [0, 0.05) is 13.2 Å². The molecule has 1 amide bonds. The van der Waals surface area contributed by atoms with E-state index in [-0.39, 0.29) is 24.3 Å². The molecule has 0 aromatic heterocycles. The third kappa shape index (κ3) is 4.70. The highest BCUT2D eigenvalue weighted by Gasteiger charge is 2.31. The van der Waals surface area contributed by atoms with E-state index in [1.807, 2.05) is 13.8 Å². The summed E-state index contributed by atoms with van der Waals surface area (Å²) in [4.78, 5) is 14.1. The zero-order valence-corrected chi connectivity index (χ0v) is 12.1. The van der Waals surface area contributed by atoms with Gasteiger partial charge in [-0.2, -0.15) is 0 Å². The summed E-state index contributed by atoms with van der Waals surface area (Å²) in [5.74, 6) is 0.0563. The molecule has 1 fully saturated rings. The van der Waals surface area contributed by atoms with Gasteiger partial charge in [-0.05, 0) is 26.7 Å². The van der Waals surface area contributed by atoms with E-state index in [9.17, 15) is 4.79 Å². The molecule has 1 saturated carbocycles. The number of hydrogen-bond acceptors (Lipinski definition) is 4. The molecule has 0 atom stereocenters. The number of amides is 1. The maximum absolute atomic E-state index is 12.4. The Hall–Kier alpha value is -1.30. The Kier molecular flexibility index (Phi) is 5.60. The average Bonchev–Trinajstić information content (AvgIpc) is 2.88. The molecule has 1 aliphatic rings. The summed E-state index contributed by atoms with van der Waals surface area (Å²) in [6.07, 6.45) is 4.50. The standard InChI is InChI=1S/C13H25N3O3/c1-13(2,19-3)8-12(17)16(9-11(14)15-18)10-6-4-5-7-10/h10,18H,4-9H2,1-3H3,(H2,14,15). The Labute approximate surface area is 114 Å². The number of carbonyl (C=O) groups excluding carboxylic acids is 1. The molecule has 0 radical (unpaired) electrons. The minimum Gasteiger partial charge on any atom is -0.409 e. The second-order valence-electron chi connectivity index (χ2n) is 5.69. The molecule has 0 unspecified atom stereocenters. The van der Waals surface area contributed by atoms with Crippen molar-refractivity contribution in [2.45, 2.75) is 57.6 Å². The van der Waals surface area contributed by atoms with E-state index in [2.05, 4.69) is 5.16 Å². The number of hydrogen-bond donors (Lipinski definition) is 2. The lowest BCUT2D eigenvalue weighted by atomic mass is 10.0. The molecule has 0 heterocycles. The van der Waals surface area contributed by atoms with Crippen LogP contribution in [-0.4, -0.2) is 47.1 Å². The second kappa shape index (κ2) is 6.75. The van der Waals surface area contributed by atoms with Gasteiger partial charge < -0.3 is 20.6 Å². The first kappa shape index (κ1) is 15.8. The van der Waals surface area contributed by atoms with Gasteiger partial charge in [-0.15, -0.1) is 0 Å². The number of nitrogens with zero attached hydrogens (tertiary/aromatic N) is 2. The summed E-state index contributed by atoms with van der Waals surface area (Å²) in [5, 5.41) is 11.7. The van der Waals surface area contributed by atoms with Gasteiger partial charge in [0.15, 0.2) is 5.84 Å². The molecular formula is C13H25N3O3. The van der Waals surface area contributed by atoms with E-state index in [4.69, 9.17) is 15.7 Å². The van der Waals surface area contributed by atoms with E-state index >= 15 is 0 Å². The van der Waals surface area contributed by atoms with E-state index in [0.717, 1.165) is 25.7 Å². The molecule has 3 N–H and O–H groups in total. The monoisotopic (exact) mass is 271 g/mol. The molecule has 19 heavy (non-hydrogen) atoms. The maximum atomic E-state index is 12.4. The van der Waals surface area contributed by atoms with Crippen molar-refractivity contribution < 1.29 is 14.7 Å². The zero-order chi connectivity index (χ0) is 14.5. The first-order valence-electron chi connectivity index (χ1n) is 6.70. The molecule has 0 spiro atoms. The van der Waals surface area contributed by atoms with Crippen LogP contribution >= 0.6 is 0 Å². The molecule has 6 heteroatoms. The van der Waals surface area contributed by atoms with Crippen LogP contribution in [0.4, 0.5) is 0 Å². The lowest BCUT2D eigenvalue weighted by Crippen LogP contribution is -2.46. The van der Waals surface area contributed by atoms with E-state index in [1.165, 1.54) is 0 Å². The molecule has 0 saturated heterocycles. The smallest absolute Gasteiger partial charge is 0.226 e. The Morgan fingerprint density at radius 1 is 1.47 bits per heavy atom. The van der Waals surface area contributed by atoms with Gasteiger partial charge >= 0.3 is 0 Å². The average molecular weight is 271 g/mol. The van der Waals surface area contributed by atoms with Crippen LogP contribution in [-0.2, 0) is 9.53 Å². The van der Waals surface area contributed by atoms with Crippen LogP contribution in [0.2, 0.25) is 0 Å². The van der Waals surface area contributed by atoms with Crippen LogP contribution in [0.15, 0.2) is 5.16 Å². The third-order valence-electron chi connectivity index (χ3n) is 3.68. The molecule has 6 nitrogen and oxygen atoms in total. The Balaban J connectivity index is 2.74. The number of rotatable bonds is 6. The fraction of sp³-hybridized carbons (Fsp3) is 0.846. The summed E-state index contributed by atoms with van der Waals surface area (Å²) in [6, 6.07) is 0.195. The van der Waals surface area contributed by atoms with Crippen molar-refractivity contribution in [3.05, 3.63) is 0 Å². The summed E-state index contributed by atoms with van der Waals surface area (Å²) in [6.45, 7) is 3.93. The van der Waals surface area contributed by atoms with Crippen LogP contribution in [0.25, 0.3) is 0 Å². The number of methoxy groups -OCH3 is 1. The van der Waals surface area contributed by atoms with E-state index < -0.39 is 5.60 Å². The van der Waals surface area contributed by atoms with E-state index in [1.54, 1.807) is 12.0 Å². The summed E-state index contributed by atoms with van der Waals surface area (Å²) in [5.41, 5.74) is 5.05. The van der Waals surface area contributed by atoms with Crippen molar-refractivity contribution >= 4 is 11.7 Å². The lowest BCUT2D eigenvalue weighted by Gasteiger charge is -2.32. The topological polar surface area (TPSA) is 88.2 Å². The quantitative estimate of drug-likeness (QED) is 0.330. The molecule has 1 rings (SSSR count). The van der Waals surface area contributed by atoms with Gasteiger partial charge in [0.25, 0.3) is 0 Å². The van der Waals surface area contributed by atoms with Gasteiger partial charge in [0.05, 0.1) is 18.6 Å². The fourth-order valence-corrected chi connectivity index (χ4v) is 2.38. The second-order valence-corrected chi connectivity index (χ2v) is 5.69. The van der Waals surface area contributed by atoms with Gasteiger partial charge in [0.1, 0.15) is 0 Å². The third-order valence-corrected chi connectivity index (χ3v) is 3.68. The van der Waals surface area contributed by atoms with Crippen LogP contribution in [0.5, 0.6) is 0 Å². The number of ether oxygens (including phenoxy) is 1. The molecular weight excluding hydrogens is 246 g/mol. The van der Waals surface area contributed by atoms with Crippen molar-refractivity contribution in [3.8, 4) is 0 Å². The van der Waals surface area contributed by atoms with E-state index in [0.29, 0.717) is 6.42 Å². The highest BCUT2D eigenvalue weighted by atomic mass is 16.5. The van der Waals surface area contributed by atoms with Crippen molar-refractivity contribution in [3.63, 3.8) is 0 Å². The summed E-state index contributed by atoms with van der Waals surface area (Å²) < 4.78 is 5.29. The van der Waals surface area contributed by atoms with Crippen LogP contribution < -0.4 is 5.73 Å². The predicted octanol–water partition coefficient (Wildman–Crippen LogP) is 1.32. The SMILES string of the molecule is COC(C)(C)CC(=O)N(CC(N)=NO)C1CCCC1. The molecule has 0 aliphatic heterocycles. The number of carbonyl (C=O) groups is 1. The summed E-state index contributed by atoms with van der Waals surface area (Å²) >= 11 is 0.